The van der Waals surface area contributed by atoms with Gasteiger partial charge in [0.15, 0.2) is 0 Å². The molecule has 1 aromatic heterocycles. The molecule has 0 fully saturated rings. The van der Waals surface area contributed by atoms with Gasteiger partial charge in [-0.25, -0.2) is 4.98 Å². The van der Waals surface area contributed by atoms with Crippen LogP contribution in [0.25, 0.3) is 27.8 Å². The van der Waals surface area contributed by atoms with E-state index in [4.69, 9.17) is 10.7 Å². The highest BCUT2D eigenvalue weighted by atomic mass is 15.0. The third-order valence-corrected chi connectivity index (χ3v) is 5.99. The van der Waals surface area contributed by atoms with Gasteiger partial charge in [0.1, 0.15) is 11.0 Å². The molecule has 5 rings (SSSR count). The summed E-state index contributed by atoms with van der Waals surface area (Å²) in [7, 11) is 0. The summed E-state index contributed by atoms with van der Waals surface area (Å²) in [4.78, 5) is 5.04. The minimum Gasteiger partial charge on any atom is -0.398 e. The first kappa shape index (κ1) is 20.0. The second-order valence-electron chi connectivity index (χ2n) is 8.63. The van der Waals surface area contributed by atoms with Crippen LogP contribution in [0.1, 0.15) is 22.3 Å². The molecule has 0 unspecified atom stereocenters. The van der Waals surface area contributed by atoms with Crippen molar-refractivity contribution in [3.63, 3.8) is 0 Å². The highest BCUT2D eigenvalue weighted by Crippen LogP contribution is 2.28. The summed E-state index contributed by atoms with van der Waals surface area (Å²) in [6.45, 7) is 8.34. The van der Waals surface area contributed by atoms with Crippen LogP contribution in [0.3, 0.4) is 0 Å². The average Bonchev–Trinajstić information content (AvgIpc) is 2.76. The van der Waals surface area contributed by atoms with Crippen molar-refractivity contribution in [2.75, 3.05) is 11.1 Å². The highest BCUT2D eigenvalue weighted by molar-refractivity contribution is 5.88. The number of benzene rings is 4. The molecule has 0 saturated carbocycles. The number of rotatable bonds is 3. The second-order valence-corrected chi connectivity index (χ2v) is 8.63. The van der Waals surface area contributed by atoms with E-state index < -0.39 is 0 Å². The molecule has 1 heterocycles. The molecule has 4 heteroatoms. The number of aromatic nitrogens is 2. The van der Waals surface area contributed by atoms with Crippen LogP contribution in [-0.4, -0.2) is 4.98 Å². The smallest absolute Gasteiger partial charge is 0.239 e. The van der Waals surface area contributed by atoms with Gasteiger partial charge in [-0.1, -0.05) is 35.4 Å². The summed E-state index contributed by atoms with van der Waals surface area (Å²) < 4.78 is 2.26. The van der Waals surface area contributed by atoms with E-state index in [2.05, 4.69) is 97.4 Å². The van der Waals surface area contributed by atoms with Gasteiger partial charge in [-0.15, -0.1) is 4.57 Å². The van der Waals surface area contributed by atoms with Crippen molar-refractivity contribution in [3.8, 4) is 5.69 Å². The molecule has 158 valence electrons. The molecular weight excluding hydrogens is 392 g/mol. The van der Waals surface area contributed by atoms with Gasteiger partial charge in [0.25, 0.3) is 0 Å². The summed E-state index contributed by atoms with van der Waals surface area (Å²) in [5.41, 5.74) is 18.8. The van der Waals surface area contributed by atoms with Crippen molar-refractivity contribution in [2.45, 2.75) is 27.7 Å². The molecule has 0 aliphatic rings. The van der Waals surface area contributed by atoms with Crippen LogP contribution >= 0.6 is 0 Å². The summed E-state index contributed by atoms with van der Waals surface area (Å²) >= 11 is 0. The molecule has 0 radical (unpaired) electrons. The largest absolute Gasteiger partial charge is 0.398 e. The van der Waals surface area contributed by atoms with Crippen LogP contribution in [-0.2, 0) is 0 Å². The van der Waals surface area contributed by atoms with E-state index in [1.165, 1.54) is 11.1 Å². The zero-order valence-electron chi connectivity index (χ0n) is 18.9. The highest BCUT2D eigenvalue weighted by Gasteiger charge is 2.22. The summed E-state index contributed by atoms with van der Waals surface area (Å²) in [5.74, 6) is 0. The van der Waals surface area contributed by atoms with Crippen molar-refractivity contribution in [2.24, 2.45) is 0 Å². The fourth-order valence-electron chi connectivity index (χ4n) is 4.14. The number of aryl methyl sites for hydroxylation is 4. The van der Waals surface area contributed by atoms with E-state index in [1.807, 2.05) is 13.0 Å². The molecule has 32 heavy (non-hydrogen) atoms. The normalized spacial score (nSPS) is 11.2. The predicted octanol–water partition coefficient (Wildman–Crippen LogP) is 6.22. The summed E-state index contributed by atoms with van der Waals surface area (Å²) in [6.07, 6.45) is 0. The molecule has 5 aromatic rings. The van der Waals surface area contributed by atoms with Gasteiger partial charge in [0.2, 0.25) is 16.7 Å². The number of hydrogen-bond acceptors (Lipinski definition) is 3. The topological polar surface area (TPSA) is 54.8 Å². The maximum atomic E-state index is 6.32. The van der Waals surface area contributed by atoms with E-state index in [-0.39, 0.29) is 0 Å². The van der Waals surface area contributed by atoms with Crippen molar-refractivity contribution in [3.05, 3.63) is 95.1 Å². The van der Waals surface area contributed by atoms with Crippen LogP contribution in [0.4, 0.5) is 17.1 Å². The lowest BCUT2D eigenvalue weighted by atomic mass is 10.1. The zero-order valence-corrected chi connectivity index (χ0v) is 18.9. The maximum Gasteiger partial charge on any atom is 0.239 e. The van der Waals surface area contributed by atoms with E-state index in [0.717, 1.165) is 55.9 Å². The molecule has 0 bridgehead atoms. The molecule has 0 saturated heterocycles. The Morgan fingerprint density at radius 3 is 2.03 bits per heavy atom. The number of nitrogens with one attached hydrogen (secondary N) is 1. The van der Waals surface area contributed by atoms with Gasteiger partial charge < -0.3 is 11.1 Å². The zero-order chi connectivity index (χ0) is 22.4. The number of anilines is 3. The molecule has 0 spiro atoms. The van der Waals surface area contributed by atoms with Crippen molar-refractivity contribution in [1.82, 2.24) is 4.98 Å². The number of nitrogens with zero attached hydrogens (tertiary/aromatic N) is 2. The molecule has 4 aromatic carbocycles. The van der Waals surface area contributed by atoms with Gasteiger partial charge in [-0.2, -0.15) is 0 Å². The van der Waals surface area contributed by atoms with E-state index in [9.17, 15) is 0 Å². The van der Waals surface area contributed by atoms with Crippen molar-refractivity contribution in [1.29, 1.82) is 0 Å². The Morgan fingerprint density at radius 2 is 1.34 bits per heavy atom. The number of nitrogen functional groups attached to an aromatic ring is 1. The molecule has 0 aliphatic heterocycles. The minimum absolute atomic E-state index is 0.769. The lowest BCUT2D eigenvalue weighted by Crippen LogP contribution is -2.33. The fraction of sp³-hybridized carbons (Fsp3) is 0.143. The average molecular weight is 420 g/mol. The van der Waals surface area contributed by atoms with E-state index in [1.54, 1.807) is 0 Å². The van der Waals surface area contributed by atoms with Crippen LogP contribution in [0.5, 0.6) is 0 Å². The molecule has 0 atom stereocenters. The van der Waals surface area contributed by atoms with Gasteiger partial charge in [-0.3, -0.25) is 0 Å². The lowest BCUT2D eigenvalue weighted by Gasteiger charge is -2.12. The third kappa shape index (κ3) is 3.54. The first-order chi connectivity index (χ1) is 15.4. The Kier molecular flexibility index (Phi) is 4.78. The second kappa shape index (κ2) is 7.65. The Balaban J connectivity index is 1.81. The van der Waals surface area contributed by atoms with Gasteiger partial charge in [0, 0.05) is 41.3 Å². The standard InChI is InChI=1S/C28H26N4/c1-17-5-9-21(10-6-17)30-22-13-20(4)28-27(15-22)32(23-11-7-18(2)8-12-23)26-16-24(29)19(3)14-25(26)31-28/h5-16H,1-4H3,(H2,29,30)/p+1. The number of nitrogens with two attached hydrogens (primary N) is 1. The van der Waals surface area contributed by atoms with Crippen molar-refractivity contribution >= 4 is 39.1 Å². The number of fused-ring (bicyclic) bond motifs is 2. The molecular formula is C28H27N4+. The van der Waals surface area contributed by atoms with Crippen LogP contribution in [0.2, 0.25) is 0 Å². The van der Waals surface area contributed by atoms with Gasteiger partial charge in [0.05, 0.1) is 0 Å². The quantitative estimate of drug-likeness (QED) is 0.207. The number of hydrogen-bond donors (Lipinski definition) is 2. The summed E-state index contributed by atoms with van der Waals surface area (Å²) in [6, 6.07) is 25.5. The third-order valence-electron chi connectivity index (χ3n) is 5.99. The molecule has 0 aliphatic carbocycles. The van der Waals surface area contributed by atoms with Crippen LogP contribution < -0.4 is 15.6 Å². The van der Waals surface area contributed by atoms with Crippen molar-refractivity contribution < 1.29 is 4.57 Å². The van der Waals surface area contributed by atoms with Gasteiger partial charge in [-0.05, 0) is 63.1 Å². The van der Waals surface area contributed by atoms with Crippen LogP contribution in [0.15, 0.2) is 72.8 Å². The first-order valence-corrected chi connectivity index (χ1v) is 10.9. The molecule has 3 N–H and O–H groups in total. The Hall–Kier alpha value is -3.92. The predicted molar refractivity (Wildman–Crippen MR) is 134 cm³/mol. The van der Waals surface area contributed by atoms with Gasteiger partial charge >= 0.3 is 0 Å². The Morgan fingerprint density at radius 1 is 0.688 bits per heavy atom. The molecule has 4 nitrogen and oxygen atoms in total. The fourth-order valence-corrected chi connectivity index (χ4v) is 4.14. The van der Waals surface area contributed by atoms with E-state index in [0.29, 0.717) is 0 Å². The first-order valence-electron chi connectivity index (χ1n) is 10.9. The van der Waals surface area contributed by atoms with Crippen LogP contribution in [0, 0.1) is 27.7 Å². The lowest BCUT2D eigenvalue weighted by molar-refractivity contribution is -0.538. The molecule has 0 amide bonds. The van der Waals surface area contributed by atoms with E-state index >= 15 is 0 Å². The monoisotopic (exact) mass is 419 g/mol. The minimum atomic E-state index is 0.769. The SMILES string of the molecule is Cc1ccc(Nc2cc(C)c3nc4cc(C)c(N)cc4[n+](-c4ccc(C)cc4)c3c2)cc1. The maximum absolute atomic E-state index is 6.32. The summed E-state index contributed by atoms with van der Waals surface area (Å²) in [5, 5.41) is 3.55. The Bertz CT molecular complexity index is 1470. The Labute approximate surface area is 188 Å².